The summed E-state index contributed by atoms with van der Waals surface area (Å²) in [6, 6.07) is 2.87. The van der Waals surface area contributed by atoms with Gasteiger partial charge in [0.05, 0.1) is 11.3 Å². The topological polar surface area (TPSA) is 77.1 Å². The second-order valence-corrected chi connectivity index (χ2v) is 4.35. The highest BCUT2D eigenvalue weighted by Crippen LogP contribution is 2.11. The van der Waals surface area contributed by atoms with Crippen molar-refractivity contribution < 1.29 is 9.32 Å². The number of carbonyl (C=O) groups excluding carboxylic acids is 1. The molecule has 6 heteroatoms. The number of nitrogens with zero attached hydrogens (tertiary/aromatic N) is 2. The minimum Gasteiger partial charge on any atom is -0.361 e. The Morgan fingerprint density at radius 2 is 2.16 bits per heavy atom. The van der Waals surface area contributed by atoms with Crippen LogP contribution in [-0.2, 0) is 13.6 Å². The summed E-state index contributed by atoms with van der Waals surface area (Å²) in [4.78, 5) is 23.2. The van der Waals surface area contributed by atoms with Crippen molar-refractivity contribution in [1.82, 2.24) is 15.0 Å². The Labute approximate surface area is 110 Å². The Balaban J connectivity index is 2.09. The fourth-order valence-electron chi connectivity index (χ4n) is 1.75. The van der Waals surface area contributed by atoms with Crippen molar-refractivity contribution in [3.05, 3.63) is 51.3 Å². The SMILES string of the molecule is Cc1noc(C)c1CNC(=O)c1ccc(=O)n(C)c1. The van der Waals surface area contributed by atoms with Crippen LogP contribution in [0.4, 0.5) is 0 Å². The summed E-state index contributed by atoms with van der Waals surface area (Å²) in [6.07, 6.45) is 1.50. The maximum atomic E-state index is 11.9. The van der Waals surface area contributed by atoms with E-state index in [1.807, 2.05) is 6.92 Å². The third kappa shape index (κ3) is 2.73. The van der Waals surface area contributed by atoms with Crippen molar-refractivity contribution in [3.63, 3.8) is 0 Å². The molecular weight excluding hydrogens is 246 g/mol. The third-order valence-corrected chi connectivity index (χ3v) is 2.95. The standard InChI is InChI=1S/C13H15N3O3/c1-8-11(9(2)19-15-8)6-14-13(18)10-4-5-12(17)16(3)7-10/h4-5,7H,6H2,1-3H3,(H,14,18). The number of rotatable bonds is 3. The van der Waals surface area contributed by atoms with E-state index in [0.717, 1.165) is 11.3 Å². The molecule has 1 N–H and O–H groups in total. The fraction of sp³-hybridized carbons (Fsp3) is 0.308. The molecule has 0 saturated heterocycles. The number of hydrogen-bond acceptors (Lipinski definition) is 4. The van der Waals surface area contributed by atoms with Gasteiger partial charge in [-0.2, -0.15) is 0 Å². The predicted octanol–water partition coefficient (Wildman–Crippen LogP) is 0.920. The average molecular weight is 261 g/mol. The second-order valence-electron chi connectivity index (χ2n) is 4.35. The van der Waals surface area contributed by atoms with Gasteiger partial charge in [-0.1, -0.05) is 5.16 Å². The zero-order chi connectivity index (χ0) is 14.0. The van der Waals surface area contributed by atoms with Gasteiger partial charge < -0.3 is 14.4 Å². The molecule has 0 unspecified atom stereocenters. The van der Waals surface area contributed by atoms with E-state index in [2.05, 4.69) is 10.5 Å². The molecule has 0 saturated carbocycles. The summed E-state index contributed by atoms with van der Waals surface area (Å²) < 4.78 is 6.39. The molecule has 0 fully saturated rings. The first-order valence-corrected chi connectivity index (χ1v) is 5.85. The highest BCUT2D eigenvalue weighted by atomic mass is 16.5. The number of aromatic nitrogens is 2. The number of carbonyl (C=O) groups is 1. The summed E-state index contributed by atoms with van der Waals surface area (Å²) in [7, 11) is 1.60. The normalized spacial score (nSPS) is 10.5. The molecule has 0 aliphatic rings. The van der Waals surface area contributed by atoms with E-state index in [1.54, 1.807) is 14.0 Å². The molecule has 2 heterocycles. The largest absolute Gasteiger partial charge is 0.361 e. The molecule has 0 atom stereocenters. The van der Waals surface area contributed by atoms with Crippen LogP contribution in [0.15, 0.2) is 27.6 Å². The van der Waals surface area contributed by atoms with Gasteiger partial charge >= 0.3 is 0 Å². The van der Waals surface area contributed by atoms with Gasteiger partial charge in [0.25, 0.3) is 5.91 Å². The zero-order valence-electron chi connectivity index (χ0n) is 11.1. The predicted molar refractivity (Wildman–Crippen MR) is 68.8 cm³/mol. The first-order chi connectivity index (χ1) is 8.99. The fourth-order valence-corrected chi connectivity index (χ4v) is 1.75. The van der Waals surface area contributed by atoms with Crippen LogP contribution in [-0.4, -0.2) is 15.6 Å². The summed E-state index contributed by atoms with van der Waals surface area (Å²) >= 11 is 0. The van der Waals surface area contributed by atoms with Gasteiger partial charge in [-0.05, 0) is 19.9 Å². The van der Waals surface area contributed by atoms with Gasteiger partial charge in [-0.25, -0.2) is 0 Å². The lowest BCUT2D eigenvalue weighted by molar-refractivity contribution is 0.0950. The monoisotopic (exact) mass is 261 g/mol. The molecule has 0 radical (unpaired) electrons. The minimum atomic E-state index is -0.240. The van der Waals surface area contributed by atoms with Gasteiger partial charge in [0.2, 0.25) is 5.56 Å². The highest BCUT2D eigenvalue weighted by molar-refractivity contribution is 5.93. The number of amides is 1. The summed E-state index contributed by atoms with van der Waals surface area (Å²) in [5.74, 6) is 0.453. The molecule has 0 aromatic carbocycles. The van der Waals surface area contributed by atoms with E-state index >= 15 is 0 Å². The van der Waals surface area contributed by atoms with Crippen molar-refractivity contribution in [2.75, 3.05) is 0 Å². The molecule has 1 amide bonds. The Hall–Kier alpha value is -2.37. The second kappa shape index (κ2) is 5.09. The van der Waals surface area contributed by atoms with Gasteiger partial charge in [0, 0.05) is 31.4 Å². The van der Waals surface area contributed by atoms with Crippen LogP contribution in [0.3, 0.4) is 0 Å². The maximum Gasteiger partial charge on any atom is 0.253 e. The first-order valence-electron chi connectivity index (χ1n) is 5.85. The first kappa shape index (κ1) is 13.1. The van der Waals surface area contributed by atoms with E-state index in [9.17, 15) is 9.59 Å². The van der Waals surface area contributed by atoms with E-state index in [1.165, 1.54) is 22.9 Å². The summed E-state index contributed by atoms with van der Waals surface area (Å²) in [5, 5.41) is 6.60. The van der Waals surface area contributed by atoms with Crippen LogP contribution >= 0.6 is 0 Å². The van der Waals surface area contributed by atoms with Crippen molar-refractivity contribution in [3.8, 4) is 0 Å². The van der Waals surface area contributed by atoms with Crippen molar-refractivity contribution in [2.45, 2.75) is 20.4 Å². The molecule has 2 aromatic rings. The molecule has 2 rings (SSSR count). The lowest BCUT2D eigenvalue weighted by atomic mass is 10.2. The molecule has 19 heavy (non-hydrogen) atoms. The van der Waals surface area contributed by atoms with Crippen LogP contribution in [0, 0.1) is 13.8 Å². The molecule has 100 valence electrons. The summed E-state index contributed by atoms with van der Waals surface area (Å²) in [6.45, 7) is 3.97. The lowest BCUT2D eigenvalue weighted by Gasteiger charge is -2.06. The van der Waals surface area contributed by atoms with Crippen molar-refractivity contribution >= 4 is 5.91 Å². The molecule has 0 bridgehead atoms. The molecule has 0 aliphatic heterocycles. The Bertz CT molecular complexity index is 651. The average Bonchev–Trinajstić information content (AvgIpc) is 2.69. The van der Waals surface area contributed by atoms with Crippen LogP contribution in [0.25, 0.3) is 0 Å². The molecule has 0 spiro atoms. The van der Waals surface area contributed by atoms with Gasteiger partial charge in [0.1, 0.15) is 5.76 Å². The van der Waals surface area contributed by atoms with Gasteiger partial charge in [-0.3, -0.25) is 9.59 Å². The minimum absolute atomic E-state index is 0.151. The quantitative estimate of drug-likeness (QED) is 0.891. The molecular formula is C13H15N3O3. The van der Waals surface area contributed by atoms with Crippen molar-refractivity contribution in [2.24, 2.45) is 7.05 Å². The maximum absolute atomic E-state index is 11.9. The van der Waals surface area contributed by atoms with Crippen LogP contribution in [0.1, 0.15) is 27.4 Å². The van der Waals surface area contributed by atoms with E-state index in [4.69, 9.17) is 4.52 Å². The highest BCUT2D eigenvalue weighted by Gasteiger charge is 2.11. The third-order valence-electron chi connectivity index (χ3n) is 2.95. The number of hydrogen-bond donors (Lipinski definition) is 1. The van der Waals surface area contributed by atoms with E-state index in [0.29, 0.717) is 17.9 Å². The van der Waals surface area contributed by atoms with Crippen LogP contribution < -0.4 is 10.9 Å². The van der Waals surface area contributed by atoms with Crippen LogP contribution in [0.2, 0.25) is 0 Å². The number of pyridine rings is 1. The molecule has 0 aliphatic carbocycles. The molecule has 2 aromatic heterocycles. The number of nitrogens with one attached hydrogen (secondary N) is 1. The summed E-state index contributed by atoms with van der Waals surface area (Å²) in [5.41, 5.74) is 1.92. The molecule has 6 nitrogen and oxygen atoms in total. The number of aryl methyl sites for hydroxylation is 3. The van der Waals surface area contributed by atoms with Gasteiger partial charge in [-0.15, -0.1) is 0 Å². The van der Waals surface area contributed by atoms with E-state index in [-0.39, 0.29) is 11.5 Å². The Morgan fingerprint density at radius 3 is 2.74 bits per heavy atom. The zero-order valence-corrected chi connectivity index (χ0v) is 11.1. The Morgan fingerprint density at radius 1 is 1.42 bits per heavy atom. The Kier molecular flexibility index (Phi) is 3.50. The van der Waals surface area contributed by atoms with E-state index < -0.39 is 0 Å². The van der Waals surface area contributed by atoms with Crippen molar-refractivity contribution in [1.29, 1.82) is 0 Å². The smallest absolute Gasteiger partial charge is 0.253 e. The van der Waals surface area contributed by atoms with Gasteiger partial charge in [0.15, 0.2) is 0 Å². The lowest BCUT2D eigenvalue weighted by Crippen LogP contribution is -2.25. The van der Waals surface area contributed by atoms with Crippen LogP contribution in [0.5, 0.6) is 0 Å².